The van der Waals surface area contributed by atoms with Crippen LogP contribution in [0.3, 0.4) is 0 Å². The molecular weight excluding hydrogens is 511 g/mol. The lowest BCUT2D eigenvalue weighted by molar-refractivity contribution is -0.0185. The molecule has 0 aliphatic rings. The monoisotopic (exact) mass is 587 g/mol. The summed E-state index contributed by atoms with van der Waals surface area (Å²) < 4.78 is 27.6. The second-order valence-electron chi connectivity index (χ2n) is 13.0. The maximum atomic E-state index is 14.0. The predicted molar refractivity (Wildman–Crippen MR) is 180 cm³/mol. The highest BCUT2D eigenvalue weighted by atomic mass is 31.1. The Kier molecular flexibility index (Phi) is 28.1. The standard InChI is InChI=1S/C36H75O3P/c1-7-13-19-25-31-35(29-23-17-11-5,32-26-20-14-8-2)38-40(37)39-36(30-24-18-12-6,33-27-21-15-9-3)34-28-22-16-10-4/h40H,7-34H2,1-6H3. The molecule has 0 aromatic heterocycles. The zero-order valence-electron chi connectivity index (χ0n) is 28.5. The molecule has 0 radical (unpaired) electrons. The quantitative estimate of drug-likeness (QED) is 0.0581. The van der Waals surface area contributed by atoms with Crippen molar-refractivity contribution in [2.24, 2.45) is 0 Å². The van der Waals surface area contributed by atoms with Crippen LogP contribution in [0.15, 0.2) is 0 Å². The molecule has 0 amide bonds. The Morgan fingerprint density at radius 2 is 0.550 bits per heavy atom. The third-order valence-corrected chi connectivity index (χ3v) is 10.2. The first-order valence-corrected chi connectivity index (χ1v) is 19.6. The first-order chi connectivity index (χ1) is 19.5. The van der Waals surface area contributed by atoms with Crippen molar-refractivity contribution in [3.05, 3.63) is 0 Å². The fraction of sp³-hybridized carbons (Fsp3) is 1.00. The average molecular weight is 587 g/mol. The molecule has 0 spiro atoms. The van der Waals surface area contributed by atoms with E-state index in [2.05, 4.69) is 41.5 Å². The van der Waals surface area contributed by atoms with Crippen LogP contribution < -0.4 is 0 Å². The van der Waals surface area contributed by atoms with Crippen LogP contribution in [0.4, 0.5) is 0 Å². The van der Waals surface area contributed by atoms with E-state index >= 15 is 0 Å². The fourth-order valence-corrected chi connectivity index (χ4v) is 7.68. The van der Waals surface area contributed by atoms with E-state index in [0.717, 1.165) is 38.5 Å². The molecular formula is C36H75O3P. The van der Waals surface area contributed by atoms with Gasteiger partial charge < -0.3 is 9.05 Å². The van der Waals surface area contributed by atoms with Crippen LogP contribution in [0.5, 0.6) is 0 Å². The first kappa shape index (κ1) is 40.1. The summed E-state index contributed by atoms with van der Waals surface area (Å²) >= 11 is 0. The molecule has 0 atom stereocenters. The molecule has 0 aromatic rings. The summed E-state index contributed by atoms with van der Waals surface area (Å²) in [5.41, 5.74) is -0.543. The lowest BCUT2D eigenvalue weighted by Gasteiger charge is -2.38. The number of hydrogen-bond donors (Lipinski definition) is 0. The summed E-state index contributed by atoms with van der Waals surface area (Å²) in [7, 11) is -2.59. The minimum absolute atomic E-state index is 0.272. The Hall–Kier alpha value is 0.150. The van der Waals surface area contributed by atoms with Crippen LogP contribution in [0.2, 0.25) is 0 Å². The second-order valence-corrected chi connectivity index (χ2v) is 13.9. The summed E-state index contributed by atoms with van der Waals surface area (Å²) in [6.45, 7) is 13.7. The van der Waals surface area contributed by atoms with E-state index in [1.165, 1.54) is 141 Å². The van der Waals surface area contributed by atoms with Crippen molar-refractivity contribution in [3.8, 4) is 0 Å². The lowest BCUT2D eigenvalue weighted by Crippen LogP contribution is -2.34. The van der Waals surface area contributed by atoms with E-state index < -0.39 is 8.25 Å². The SMILES string of the molecule is CCCCCCC(CCCCC)(CCCCCC)O[PH](=O)OC(CCCCC)(CCCCCC)CCCCCC. The number of rotatable bonds is 32. The molecule has 0 fully saturated rings. The highest BCUT2D eigenvalue weighted by Gasteiger charge is 2.37. The molecule has 0 saturated carbocycles. The second kappa shape index (κ2) is 28.0. The van der Waals surface area contributed by atoms with E-state index in [9.17, 15) is 4.57 Å². The maximum Gasteiger partial charge on any atom is 0.320 e. The van der Waals surface area contributed by atoms with E-state index in [0.29, 0.717) is 0 Å². The summed E-state index contributed by atoms with van der Waals surface area (Å²) in [6, 6.07) is 0. The summed E-state index contributed by atoms with van der Waals surface area (Å²) in [5.74, 6) is 0. The Bertz CT molecular complexity index is 480. The zero-order chi connectivity index (χ0) is 29.8. The molecule has 0 aliphatic heterocycles. The van der Waals surface area contributed by atoms with Gasteiger partial charge >= 0.3 is 8.25 Å². The zero-order valence-corrected chi connectivity index (χ0v) is 29.5. The van der Waals surface area contributed by atoms with Crippen molar-refractivity contribution in [1.82, 2.24) is 0 Å². The third-order valence-electron chi connectivity index (χ3n) is 9.02. The van der Waals surface area contributed by atoms with Crippen LogP contribution >= 0.6 is 8.25 Å². The average Bonchev–Trinajstić information content (AvgIpc) is 2.94. The topological polar surface area (TPSA) is 35.5 Å². The largest absolute Gasteiger partial charge is 0.320 e. The fourth-order valence-electron chi connectivity index (χ4n) is 6.32. The van der Waals surface area contributed by atoms with Gasteiger partial charge in [-0.25, -0.2) is 0 Å². The predicted octanol–water partition coefficient (Wildman–Crippen LogP) is 13.9. The molecule has 0 unspecified atom stereocenters. The summed E-state index contributed by atoms with van der Waals surface area (Å²) in [4.78, 5) is 0. The van der Waals surface area contributed by atoms with Crippen LogP contribution in [0.25, 0.3) is 0 Å². The van der Waals surface area contributed by atoms with Gasteiger partial charge in [-0.1, -0.05) is 183 Å². The van der Waals surface area contributed by atoms with Gasteiger partial charge in [-0.3, -0.25) is 4.57 Å². The van der Waals surface area contributed by atoms with Gasteiger partial charge in [-0.05, 0) is 38.5 Å². The molecule has 40 heavy (non-hydrogen) atoms. The van der Waals surface area contributed by atoms with Crippen molar-refractivity contribution >= 4 is 8.25 Å². The van der Waals surface area contributed by atoms with E-state index in [-0.39, 0.29) is 11.2 Å². The Balaban J connectivity index is 5.87. The van der Waals surface area contributed by atoms with Crippen molar-refractivity contribution in [3.63, 3.8) is 0 Å². The highest BCUT2D eigenvalue weighted by molar-refractivity contribution is 7.33. The van der Waals surface area contributed by atoms with Gasteiger partial charge in [0.1, 0.15) is 0 Å². The Morgan fingerprint density at radius 1 is 0.350 bits per heavy atom. The van der Waals surface area contributed by atoms with Crippen molar-refractivity contribution in [2.45, 2.75) is 233 Å². The molecule has 0 N–H and O–H groups in total. The van der Waals surface area contributed by atoms with Crippen molar-refractivity contribution < 1.29 is 13.6 Å². The minimum Gasteiger partial charge on any atom is -0.304 e. The van der Waals surface area contributed by atoms with Crippen molar-refractivity contribution in [1.29, 1.82) is 0 Å². The van der Waals surface area contributed by atoms with Gasteiger partial charge in [0, 0.05) is 0 Å². The Morgan fingerprint density at radius 3 is 0.775 bits per heavy atom. The highest BCUT2D eigenvalue weighted by Crippen LogP contribution is 2.47. The van der Waals surface area contributed by atoms with Crippen LogP contribution in [-0.4, -0.2) is 11.2 Å². The van der Waals surface area contributed by atoms with Gasteiger partial charge in [0.05, 0.1) is 11.2 Å². The van der Waals surface area contributed by atoms with Crippen LogP contribution in [0.1, 0.15) is 221 Å². The van der Waals surface area contributed by atoms with Crippen LogP contribution in [0, 0.1) is 0 Å². The molecule has 4 heteroatoms. The molecule has 0 bridgehead atoms. The van der Waals surface area contributed by atoms with E-state index in [1.807, 2.05) is 0 Å². The summed E-state index contributed by atoms with van der Waals surface area (Å²) in [6.07, 6.45) is 33.3. The van der Waals surface area contributed by atoms with Crippen molar-refractivity contribution in [2.75, 3.05) is 0 Å². The normalized spacial score (nSPS) is 12.6. The number of unbranched alkanes of at least 4 members (excludes halogenated alkanes) is 16. The van der Waals surface area contributed by atoms with Gasteiger partial charge in [-0.2, -0.15) is 0 Å². The molecule has 3 nitrogen and oxygen atoms in total. The van der Waals surface area contributed by atoms with Crippen LogP contribution in [-0.2, 0) is 13.6 Å². The van der Waals surface area contributed by atoms with E-state index in [4.69, 9.17) is 9.05 Å². The number of hydrogen-bond acceptors (Lipinski definition) is 3. The smallest absolute Gasteiger partial charge is 0.304 e. The lowest BCUT2D eigenvalue weighted by atomic mass is 9.85. The maximum absolute atomic E-state index is 14.0. The van der Waals surface area contributed by atoms with Gasteiger partial charge in [0.25, 0.3) is 0 Å². The molecule has 0 aromatic carbocycles. The third kappa shape index (κ3) is 20.9. The minimum atomic E-state index is -2.59. The molecule has 0 saturated heterocycles. The first-order valence-electron chi connectivity index (χ1n) is 18.4. The molecule has 242 valence electrons. The Labute approximate surface area is 254 Å². The van der Waals surface area contributed by atoms with Gasteiger partial charge in [-0.15, -0.1) is 0 Å². The van der Waals surface area contributed by atoms with Gasteiger partial charge in [0.2, 0.25) is 0 Å². The molecule has 0 aliphatic carbocycles. The van der Waals surface area contributed by atoms with Gasteiger partial charge in [0.15, 0.2) is 0 Å². The van der Waals surface area contributed by atoms with E-state index in [1.54, 1.807) is 0 Å². The molecule has 0 rings (SSSR count). The molecule has 0 heterocycles. The summed E-state index contributed by atoms with van der Waals surface area (Å²) in [5, 5.41) is 0.